The number of hydrogen-bond donors (Lipinski definition) is 1. The number of amides is 1. The molecule has 5 nitrogen and oxygen atoms in total. The lowest BCUT2D eigenvalue weighted by Crippen LogP contribution is -2.32. The van der Waals surface area contributed by atoms with E-state index in [4.69, 9.17) is 0 Å². The van der Waals surface area contributed by atoms with Gasteiger partial charge in [0.15, 0.2) is 11.5 Å². The van der Waals surface area contributed by atoms with Crippen LogP contribution < -0.4 is 10.2 Å². The Morgan fingerprint density at radius 1 is 1.10 bits per heavy atom. The first-order valence-corrected chi connectivity index (χ1v) is 10.6. The van der Waals surface area contributed by atoms with Crippen molar-refractivity contribution in [2.45, 2.75) is 38.3 Å². The number of nitrogens with one attached hydrogen (secondary N) is 1. The number of piperidine rings is 1. The van der Waals surface area contributed by atoms with E-state index in [1.165, 1.54) is 25.0 Å². The zero-order chi connectivity index (χ0) is 21.8. The number of benzene rings is 1. The van der Waals surface area contributed by atoms with Gasteiger partial charge < -0.3 is 10.2 Å². The molecule has 1 saturated heterocycles. The van der Waals surface area contributed by atoms with E-state index in [0.717, 1.165) is 24.0 Å². The molecule has 1 saturated carbocycles. The summed E-state index contributed by atoms with van der Waals surface area (Å²) in [5.74, 6) is 1.21. The summed E-state index contributed by atoms with van der Waals surface area (Å²) in [7, 11) is 0. The van der Waals surface area contributed by atoms with Gasteiger partial charge in [-0.25, -0.2) is 0 Å². The molecule has 8 heteroatoms. The van der Waals surface area contributed by atoms with E-state index in [9.17, 15) is 18.0 Å². The van der Waals surface area contributed by atoms with Crippen LogP contribution in [-0.4, -0.2) is 35.7 Å². The Balaban J connectivity index is 1.33. The van der Waals surface area contributed by atoms with Gasteiger partial charge in [0.2, 0.25) is 0 Å². The molecule has 1 N–H and O–H groups in total. The Morgan fingerprint density at radius 2 is 1.84 bits per heavy atom. The predicted octanol–water partition coefficient (Wildman–Crippen LogP) is 4.71. The SMILES string of the molecule is O=C(NCCC1CC1)c1ccc(N2CCC(=Cc3ccccc3C(F)(F)F)CC2)nn1. The van der Waals surface area contributed by atoms with Crippen molar-refractivity contribution in [3.63, 3.8) is 0 Å². The molecule has 0 radical (unpaired) electrons. The minimum atomic E-state index is -4.37. The molecule has 31 heavy (non-hydrogen) atoms. The summed E-state index contributed by atoms with van der Waals surface area (Å²) in [5.41, 5.74) is 0.866. The van der Waals surface area contributed by atoms with Gasteiger partial charge in [-0.3, -0.25) is 4.79 Å². The molecule has 0 bridgehead atoms. The van der Waals surface area contributed by atoms with Crippen molar-refractivity contribution in [2.24, 2.45) is 5.92 Å². The van der Waals surface area contributed by atoms with E-state index in [1.54, 1.807) is 24.3 Å². The van der Waals surface area contributed by atoms with Crippen LogP contribution in [0.15, 0.2) is 42.0 Å². The van der Waals surface area contributed by atoms with Crippen LogP contribution in [0.4, 0.5) is 19.0 Å². The first-order valence-electron chi connectivity index (χ1n) is 10.6. The number of alkyl halides is 3. The van der Waals surface area contributed by atoms with Crippen molar-refractivity contribution in [3.8, 4) is 0 Å². The number of carbonyl (C=O) groups excluding carboxylic acids is 1. The van der Waals surface area contributed by atoms with E-state index >= 15 is 0 Å². The number of halogens is 3. The third-order valence-corrected chi connectivity index (χ3v) is 5.77. The standard InChI is InChI=1S/C23H25F3N4O/c24-23(25,26)19-4-2-1-3-18(19)15-17-10-13-30(14-11-17)21-8-7-20(28-29-21)22(31)27-12-9-16-5-6-16/h1-4,7-8,15-16H,5-6,9-14H2,(H,27,31). The monoisotopic (exact) mass is 430 g/mol. The topological polar surface area (TPSA) is 58.1 Å². The number of carbonyl (C=O) groups is 1. The zero-order valence-electron chi connectivity index (χ0n) is 17.2. The average Bonchev–Trinajstić information content (AvgIpc) is 3.58. The Morgan fingerprint density at radius 3 is 2.48 bits per heavy atom. The maximum absolute atomic E-state index is 13.2. The summed E-state index contributed by atoms with van der Waals surface area (Å²) in [6.07, 6.45) is 2.11. The second-order valence-corrected chi connectivity index (χ2v) is 8.14. The van der Waals surface area contributed by atoms with E-state index < -0.39 is 11.7 Å². The summed E-state index contributed by atoms with van der Waals surface area (Å²) in [5, 5.41) is 11.1. The van der Waals surface area contributed by atoms with Gasteiger partial charge in [0.05, 0.1) is 5.56 Å². The molecular weight excluding hydrogens is 405 g/mol. The molecule has 2 fully saturated rings. The average molecular weight is 430 g/mol. The minimum Gasteiger partial charge on any atom is -0.354 e. The number of anilines is 1. The molecule has 2 aliphatic rings. The molecule has 1 aromatic carbocycles. The highest BCUT2D eigenvalue weighted by atomic mass is 19.4. The number of aromatic nitrogens is 2. The lowest BCUT2D eigenvalue weighted by molar-refractivity contribution is -0.137. The Labute approximate surface area is 179 Å². The molecule has 4 rings (SSSR count). The highest BCUT2D eigenvalue weighted by Crippen LogP contribution is 2.34. The van der Waals surface area contributed by atoms with Crippen LogP contribution in [0.25, 0.3) is 6.08 Å². The van der Waals surface area contributed by atoms with Crippen molar-refractivity contribution < 1.29 is 18.0 Å². The van der Waals surface area contributed by atoms with E-state index in [0.29, 0.717) is 44.0 Å². The normalized spacial score (nSPS) is 16.9. The van der Waals surface area contributed by atoms with Gasteiger partial charge >= 0.3 is 6.18 Å². The molecule has 2 aromatic rings. The fourth-order valence-electron chi connectivity index (χ4n) is 3.77. The number of rotatable bonds is 6. The van der Waals surface area contributed by atoms with Crippen molar-refractivity contribution in [1.29, 1.82) is 0 Å². The predicted molar refractivity (Wildman–Crippen MR) is 113 cm³/mol. The van der Waals surface area contributed by atoms with Crippen LogP contribution in [0.5, 0.6) is 0 Å². The van der Waals surface area contributed by atoms with Crippen LogP contribution in [0.2, 0.25) is 0 Å². The van der Waals surface area contributed by atoms with Crippen LogP contribution >= 0.6 is 0 Å². The van der Waals surface area contributed by atoms with E-state index in [2.05, 4.69) is 15.5 Å². The first kappa shape index (κ1) is 21.3. The van der Waals surface area contributed by atoms with Crippen molar-refractivity contribution in [1.82, 2.24) is 15.5 Å². The minimum absolute atomic E-state index is 0.204. The molecule has 2 heterocycles. The zero-order valence-corrected chi connectivity index (χ0v) is 17.2. The molecule has 1 amide bonds. The summed E-state index contributed by atoms with van der Waals surface area (Å²) in [6, 6.07) is 9.08. The Hall–Kier alpha value is -2.90. The molecule has 0 atom stereocenters. The maximum atomic E-state index is 13.2. The van der Waals surface area contributed by atoms with Crippen LogP contribution in [0.3, 0.4) is 0 Å². The van der Waals surface area contributed by atoms with Gasteiger partial charge in [-0.2, -0.15) is 13.2 Å². The third-order valence-electron chi connectivity index (χ3n) is 5.77. The Bertz CT molecular complexity index is 942. The van der Waals surface area contributed by atoms with Gasteiger partial charge in [-0.1, -0.05) is 42.7 Å². The summed E-state index contributed by atoms with van der Waals surface area (Å²) in [4.78, 5) is 14.2. The first-order chi connectivity index (χ1) is 14.9. The van der Waals surface area contributed by atoms with E-state index in [1.807, 2.05) is 4.90 Å². The lowest BCUT2D eigenvalue weighted by atomic mass is 9.98. The van der Waals surface area contributed by atoms with Gasteiger partial charge in [0, 0.05) is 19.6 Å². The summed E-state index contributed by atoms with van der Waals surface area (Å²) >= 11 is 0. The highest BCUT2D eigenvalue weighted by molar-refractivity contribution is 5.92. The van der Waals surface area contributed by atoms with Gasteiger partial charge in [-0.15, -0.1) is 10.2 Å². The van der Waals surface area contributed by atoms with Crippen molar-refractivity contribution in [2.75, 3.05) is 24.5 Å². The number of nitrogens with zero attached hydrogens (tertiary/aromatic N) is 3. The smallest absolute Gasteiger partial charge is 0.354 e. The molecule has 1 aliphatic carbocycles. The quantitative estimate of drug-likeness (QED) is 0.721. The number of hydrogen-bond acceptors (Lipinski definition) is 4. The van der Waals surface area contributed by atoms with Crippen LogP contribution in [0, 0.1) is 5.92 Å². The summed E-state index contributed by atoms with van der Waals surface area (Å²) in [6.45, 7) is 1.94. The molecule has 1 aromatic heterocycles. The second kappa shape index (κ2) is 9.08. The van der Waals surface area contributed by atoms with Crippen molar-refractivity contribution in [3.05, 3.63) is 58.8 Å². The van der Waals surface area contributed by atoms with Crippen LogP contribution in [0.1, 0.15) is 53.7 Å². The van der Waals surface area contributed by atoms with Gasteiger partial charge in [0.1, 0.15) is 0 Å². The van der Waals surface area contributed by atoms with E-state index in [-0.39, 0.29) is 11.5 Å². The maximum Gasteiger partial charge on any atom is 0.416 e. The molecule has 164 valence electrons. The third kappa shape index (κ3) is 5.62. The molecule has 1 aliphatic heterocycles. The van der Waals surface area contributed by atoms with Crippen molar-refractivity contribution >= 4 is 17.8 Å². The molecular formula is C23H25F3N4O. The molecule has 0 unspecified atom stereocenters. The highest BCUT2D eigenvalue weighted by Gasteiger charge is 2.32. The summed E-state index contributed by atoms with van der Waals surface area (Å²) < 4.78 is 39.6. The Kier molecular flexibility index (Phi) is 6.25. The lowest BCUT2D eigenvalue weighted by Gasteiger charge is -2.29. The molecule has 0 spiro atoms. The second-order valence-electron chi connectivity index (χ2n) is 8.14. The van der Waals surface area contributed by atoms with Gasteiger partial charge in [-0.05, 0) is 48.9 Å². The fraction of sp³-hybridized carbons (Fsp3) is 0.435. The largest absolute Gasteiger partial charge is 0.416 e. The van der Waals surface area contributed by atoms with Gasteiger partial charge in [0.25, 0.3) is 5.91 Å². The van der Waals surface area contributed by atoms with Crippen LogP contribution in [-0.2, 0) is 6.18 Å². The fourth-order valence-corrected chi connectivity index (χ4v) is 3.77.